The zero-order valence-corrected chi connectivity index (χ0v) is 20.9. The zero-order chi connectivity index (χ0) is 24.0. The third kappa shape index (κ3) is 5.74. The van der Waals surface area contributed by atoms with Crippen LogP contribution in [0.4, 0.5) is 5.69 Å². The standard InChI is InChI=1S/C28H31N3O3S/c1-2-28(32)34-27-11-9-21-8-10-22(20-24(21)29-27)33-18-4-3-13-30-14-16-31(17-15-30)25-6-5-7-26-23(25)12-19-35-26/h5-12,19-20H,2-4,13-18H2,1H3. The SMILES string of the molecule is CCC(=O)Oc1ccc2ccc(OCCCCN3CCN(c4cccc5sccc45)CC3)cc2n1. The molecule has 6 nitrogen and oxygen atoms in total. The van der Waals surface area contributed by atoms with Gasteiger partial charge in [-0.3, -0.25) is 9.69 Å². The molecule has 1 fully saturated rings. The van der Waals surface area contributed by atoms with E-state index in [-0.39, 0.29) is 5.97 Å². The van der Waals surface area contributed by atoms with Gasteiger partial charge in [-0.05, 0) is 61.2 Å². The highest BCUT2D eigenvalue weighted by atomic mass is 32.1. The summed E-state index contributed by atoms with van der Waals surface area (Å²) in [4.78, 5) is 21.0. The van der Waals surface area contributed by atoms with E-state index in [1.807, 2.05) is 35.6 Å². The summed E-state index contributed by atoms with van der Waals surface area (Å²) in [5.41, 5.74) is 2.14. The first-order chi connectivity index (χ1) is 17.2. The summed E-state index contributed by atoms with van der Waals surface area (Å²) < 4.78 is 12.6. The Hall–Kier alpha value is -3.16. The molecule has 0 unspecified atom stereocenters. The maximum absolute atomic E-state index is 11.5. The minimum Gasteiger partial charge on any atom is -0.494 e. The topological polar surface area (TPSA) is 54.9 Å². The maximum Gasteiger partial charge on any atom is 0.312 e. The first-order valence-electron chi connectivity index (χ1n) is 12.4. The number of unbranched alkanes of at least 4 members (excludes halogenated alkanes) is 1. The molecule has 1 aliphatic rings. The van der Waals surface area contributed by atoms with Gasteiger partial charge in [0.05, 0.1) is 12.1 Å². The fourth-order valence-electron chi connectivity index (χ4n) is 4.51. The van der Waals surface area contributed by atoms with Crippen LogP contribution < -0.4 is 14.4 Å². The molecule has 7 heteroatoms. The molecule has 0 saturated carbocycles. The number of pyridine rings is 1. The van der Waals surface area contributed by atoms with Gasteiger partial charge in [0.25, 0.3) is 0 Å². The molecule has 4 aromatic rings. The van der Waals surface area contributed by atoms with Gasteiger partial charge in [-0.15, -0.1) is 11.3 Å². The summed E-state index contributed by atoms with van der Waals surface area (Å²) in [6.45, 7) is 7.89. The average molecular weight is 490 g/mol. The van der Waals surface area contributed by atoms with E-state index in [2.05, 4.69) is 44.4 Å². The number of piperazine rings is 1. The van der Waals surface area contributed by atoms with Gasteiger partial charge >= 0.3 is 5.97 Å². The van der Waals surface area contributed by atoms with E-state index in [1.54, 1.807) is 13.0 Å². The molecule has 0 bridgehead atoms. The number of thiophene rings is 1. The molecule has 5 rings (SSSR count). The molecule has 0 radical (unpaired) electrons. The number of hydrogen-bond acceptors (Lipinski definition) is 7. The number of hydrogen-bond donors (Lipinski definition) is 0. The Kier molecular flexibility index (Phi) is 7.45. The van der Waals surface area contributed by atoms with Gasteiger partial charge in [0.2, 0.25) is 5.88 Å². The first kappa shape index (κ1) is 23.6. The number of carbonyl (C=O) groups excluding carboxylic acids is 1. The highest BCUT2D eigenvalue weighted by molar-refractivity contribution is 7.17. The predicted octanol–water partition coefficient (Wildman–Crippen LogP) is 5.75. The number of aromatic nitrogens is 1. The van der Waals surface area contributed by atoms with Crippen molar-refractivity contribution in [1.82, 2.24) is 9.88 Å². The quantitative estimate of drug-likeness (QED) is 0.221. The fraction of sp³-hybridized carbons (Fsp3) is 0.357. The number of benzene rings is 2. The lowest BCUT2D eigenvalue weighted by molar-refractivity contribution is -0.134. The van der Waals surface area contributed by atoms with Gasteiger partial charge < -0.3 is 14.4 Å². The number of fused-ring (bicyclic) bond motifs is 2. The minimum atomic E-state index is -0.287. The lowest BCUT2D eigenvalue weighted by Crippen LogP contribution is -2.46. The second-order valence-corrected chi connectivity index (χ2v) is 9.77. The van der Waals surface area contributed by atoms with Gasteiger partial charge in [-0.25, -0.2) is 4.98 Å². The lowest BCUT2D eigenvalue weighted by atomic mass is 10.2. The number of rotatable bonds is 9. The number of nitrogens with zero attached hydrogens (tertiary/aromatic N) is 3. The highest BCUT2D eigenvalue weighted by Gasteiger charge is 2.18. The molecule has 0 atom stereocenters. The normalized spacial score (nSPS) is 14.5. The zero-order valence-electron chi connectivity index (χ0n) is 20.1. The molecule has 35 heavy (non-hydrogen) atoms. The Morgan fingerprint density at radius 3 is 2.74 bits per heavy atom. The van der Waals surface area contributed by atoms with Crippen molar-refractivity contribution in [1.29, 1.82) is 0 Å². The van der Waals surface area contributed by atoms with Crippen LogP contribution in [0.25, 0.3) is 21.0 Å². The Balaban J connectivity index is 1.05. The monoisotopic (exact) mass is 489 g/mol. The first-order valence-corrected chi connectivity index (χ1v) is 13.3. The average Bonchev–Trinajstić information content (AvgIpc) is 3.38. The lowest BCUT2D eigenvalue weighted by Gasteiger charge is -2.36. The Labute approximate surface area is 210 Å². The Morgan fingerprint density at radius 2 is 1.89 bits per heavy atom. The summed E-state index contributed by atoms with van der Waals surface area (Å²) in [5, 5.41) is 4.55. The van der Waals surface area contributed by atoms with Crippen LogP contribution in [0.3, 0.4) is 0 Å². The third-order valence-corrected chi connectivity index (χ3v) is 7.35. The van der Waals surface area contributed by atoms with Crippen LogP contribution in [0, 0.1) is 0 Å². The van der Waals surface area contributed by atoms with E-state index in [4.69, 9.17) is 9.47 Å². The number of carbonyl (C=O) groups is 1. The molecule has 2 aromatic carbocycles. The van der Waals surface area contributed by atoms with E-state index in [0.717, 1.165) is 62.2 Å². The second-order valence-electron chi connectivity index (χ2n) is 8.83. The number of anilines is 1. The van der Waals surface area contributed by atoms with E-state index < -0.39 is 0 Å². The van der Waals surface area contributed by atoms with E-state index in [1.165, 1.54) is 15.8 Å². The van der Waals surface area contributed by atoms with Gasteiger partial charge in [-0.1, -0.05) is 13.0 Å². The molecular formula is C28H31N3O3S. The number of esters is 1. The largest absolute Gasteiger partial charge is 0.494 e. The van der Waals surface area contributed by atoms with Gasteiger partial charge in [0.15, 0.2) is 0 Å². The summed E-state index contributed by atoms with van der Waals surface area (Å²) in [5.74, 6) is 0.833. The van der Waals surface area contributed by atoms with Crippen molar-refractivity contribution in [3.05, 3.63) is 60.0 Å². The number of ether oxygens (including phenoxy) is 2. The van der Waals surface area contributed by atoms with Crippen molar-refractivity contribution < 1.29 is 14.3 Å². The fourth-order valence-corrected chi connectivity index (χ4v) is 5.31. The molecular weight excluding hydrogens is 458 g/mol. The van der Waals surface area contributed by atoms with Crippen LogP contribution in [0.2, 0.25) is 0 Å². The van der Waals surface area contributed by atoms with Crippen molar-refractivity contribution in [2.45, 2.75) is 26.2 Å². The van der Waals surface area contributed by atoms with E-state index >= 15 is 0 Å². The second kappa shape index (κ2) is 11.1. The highest BCUT2D eigenvalue weighted by Crippen LogP contribution is 2.31. The molecule has 182 valence electrons. The molecule has 3 heterocycles. The van der Waals surface area contributed by atoms with Crippen LogP contribution in [0.5, 0.6) is 11.6 Å². The molecule has 1 aliphatic heterocycles. The minimum absolute atomic E-state index is 0.287. The van der Waals surface area contributed by atoms with Crippen LogP contribution >= 0.6 is 11.3 Å². The predicted molar refractivity (Wildman–Crippen MR) is 143 cm³/mol. The summed E-state index contributed by atoms with van der Waals surface area (Å²) in [7, 11) is 0. The van der Waals surface area contributed by atoms with Crippen molar-refractivity contribution in [2.24, 2.45) is 0 Å². The molecule has 0 N–H and O–H groups in total. The third-order valence-electron chi connectivity index (χ3n) is 6.47. The van der Waals surface area contributed by atoms with Gasteiger partial charge in [0.1, 0.15) is 5.75 Å². The van der Waals surface area contributed by atoms with Crippen LogP contribution in [-0.4, -0.2) is 55.2 Å². The summed E-state index contributed by atoms with van der Waals surface area (Å²) in [6.07, 6.45) is 2.45. The van der Waals surface area contributed by atoms with Crippen LogP contribution in [-0.2, 0) is 4.79 Å². The van der Waals surface area contributed by atoms with Crippen molar-refractivity contribution in [2.75, 3.05) is 44.2 Å². The van der Waals surface area contributed by atoms with Crippen molar-refractivity contribution in [3.8, 4) is 11.6 Å². The molecule has 0 spiro atoms. The van der Waals surface area contributed by atoms with E-state index in [0.29, 0.717) is 18.9 Å². The molecule has 0 amide bonds. The molecule has 2 aromatic heterocycles. The molecule has 1 saturated heterocycles. The summed E-state index contributed by atoms with van der Waals surface area (Å²) >= 11 is 1.81. The van der Waals surface area contributed by atoms with Gasteiger partial charge in [-0.2, -0.15) is 0 Å². The maximum atomic E-state index is 11.5. The van der Waals surface area contributed by atoms with Crippen molar-refractivity contribution >= 4 is 44.0 Å². The van der Waals surface area contributed by atoms with E-state index in [9.17, 15) is 4.79 Å². The van der Waals surface area contributed by atoms with Crippen molar-refractivity contribution in [3.63, 3.8) is 0 Å². The summed E-state index contributed by atoms with van der Waals surface area (Å²) in [6, 6.07) is 18.4. The smallest absolute Gasteiger partial charge is 0.312 e. The van der Waals surface area contributed by atoms with Gasteiger partial charge in [0, 0.05) is 65.9 Å². The Bertz CT molecular complexity index is 1300. The van der Waals surface area contributed by atoms with Crippen LogP contribution in [0.15, 0.2) is 60.0 Å². The Morgan fingerprint density at radius 1 is 1.03 bits per heavy atom. The van der Waals surface area contributed by atoms with Crippen LogP contribution in [0.1, 0.15) is 26.2 Å². The molecule has 0 aliphatic carbocycles.